The van der Waals surface area contributed by atoms with Crippen LogP contribution in [-0.4, -0.2) is 30.2 Å². The molecule has 1 heterocycles. The van der Waals surface area contributed by atoms with Crippen LogP contribution >= 0.6 is 11.8 Å². The van der Waals surface area contributed by atoms with Gasteiger partial charge in [0, 0.05) is 24.4 Å². The lowest BCUT2D eigenvalue weighted by atomic mass is 10.2. The maximum absolute atomic E-state index is 11.3. The first-order chi connectivity index (χ1) is 8.69. The Bertz CT molecular complexity index is 495. The minimum Gasteiger partial charge on any atom is -0.324 e. The predicted octanol–water partition coefficient (Wildman–Crippen LogP) is 2.08. The third-order valence-electron chi connectivity index (χ3n) is 2.73. The quantitative estimate of drug-likeness (QED) is 0.901. The molecule has 0 bridgehead atoms. The fourth-order valence-electron chi connectivity index (χ4n) is 1.86. The van der Waals surface area contributed by atoms with E-state index in [0.29, 0.717) is 12.2 Å². The number of nitrogens with one attached hydrogen (secondary N) is 1. The van der Waals surface area contributed by atoms with Crippen molar-refractivity contribution in [3.63, 3.8) is 0 Å². The molecule has 0 spiro atoms. The van der Waals surface area contributed by atoms with Gasteiger partial charge in [-0.2, -0.15) is 5.26 Å². The molecular formula is C13H15N3OS. The maximum Gasteiger partial charge on any atom is 0.234 e. The topological polar surface area (TPSA) is 56.1 Å². The molecular weight excluding hydrogens is 246 g/mol. The summed E-state index contributed by atoms with van der Waals surface area (Å²) in [5.41, 5.74) is 2.06. The van der Waals surface area contributed by atoms with Gasteiger partial charge in [-0.3, -0.25) is 4.79 Å². The highest BCUT2D eigenvalue weighted by Crippen LogP contribution is 2.32. The van der Waals surface area contributed by atoms with Crippen molar-refractivity contribution in [1.82, 2.24) is 4.90 Å². The standard InChI is InChI=1S/C13H15N3OS/c1-16(6-2-5-14)8-10-3-4-12-11(7-10)15-13(17)9-18-12/h3-4,7H,2,6,8-9H2,1H3,(H,15,17). The van der Waals surface area contributed by atoms with Gasteiger partial charge in [-0.15, -0.1) is 11.8 Å². The first kappa shape index (κ1) is 12.9. The molecule has 18 heavy (non-hydrogen) atoms. The normalized spacial score (nSPS) is 13.9. The molecule has 0 saturated carbocycles. The lowest BCUT2D eigenvalue weighted by Gasteiger charge is -2.19. The SMILES string of the molecule is CN(CCC#N)Cc1ccc2c(c1)NC(=O)CS2. The molecule has 1 aromatic rings. The molecule has 0 aliphatic carbocycles. The van der Waals surface area contributed by atoms with Crippen LogP contribution in [0.15, 0.2) is 23.1 Å². The largest absolute Gasteiger partial charge is 0.324 e. The molecule has 1 aliphatic rings. The van der Waals surface area contributed by atoms with Crippen LogP contribution in [0.5, 0.6) is 0 Å². The van der Waals surface area contributed by atoms with Gasteiger partial charge in [0.05, 0.1) is 17.5 Å². The summed E-state index contributed by atoms with van der Waals surface area (Å²) in [4.78, 5) is 14.5. The lowest BCUT2D eigenvalue weighted by molar-refractivity contribution is -0.113. The highest BCUT2D eigenvalue weighted by atomic mass is 32.2. The minimum atomic E-state index is 0.0579. The highest BCUT2D eigenvalue weighted by Gasteiger charge is 2.15. The van der Waals surface area contributed by atoms with Crippen LogP contribution in [0.3, 0.4) is 0 Å². The van der Waals surface area contributed by atoms with E-state index in [0.717, 1.165) is 29.2 Å². The van der Waals surface area contributed by atoms with E-state index in [4.69, 9.17) is 5.26 Å². The highest BCUT2D eigenvalue weighted by molar-refractivity contribution is 8.00. The van der Waals surface area contributed by atoms with Crippen molar-refractivity contribution in [1.29, 1.82) is 5.26 Å². The molecule has 0 fully saturated rings. The van der Waals surface area contributed by atoms with Crippen molar-refractivity contribution >= 4 is 23.4 Å². The summed E-state index contributed by atoms with van der Waals surface area (Å²) in [6.45, 7) is 1.55. The Morgan fingerprint density at radius 3 is 3.17 bits per heavy atom. The van der Waals surface area contributed by atoms with E-state index < -0.39 is 0 Å². The molecule has 1 amide bonds. The predicted molar refractivity (Wildman–Crippen MR) is 72.4 cm³/mol. The Morgan fingerprint density at radius 2 is 2.39 bits per heavy atom. The molecule has 1 N–H and O–H groups in total. The van der Waals surface area contributed by atoms with Gasteiger partial charge < -0.3 is 10.2 Å². The smallest absolute Gasteiger partial charge is 0.234 e. The van der Waals surface area contributed by atoms with E-state index >= 15 is 0 Å². The molecule has 1 aliphatic heterocycles. The van der Waals surface area contributed by atoms with Crippen molar-refractivity contribution in [2.45, 2.75) is 17.9 Å². The Hall–Kier alpha value is -1.51. The fourth-order valence-corrected chi connectivity index (χ4v) is 2.65. The Kier molecular flexibility index (Phi) is 4.24. The molecule has 0 radical (unpaired) electrons. The molecule has 2 rings (SSSR count). The summed E-state index contributed by atoms with van der Waals surface area (Å²) in [6, 6.07) is 8.28. The number of hydrogen-bond donors (Lipinski definition) is 1. The van der Waals surface area contributed by atoms with Crippen LogP contribution in [0, 0.1) is 11.3 Å². The molecule has 94 valence electrons. The van der Waals surface area contributed by atoms with Gasteiger partial charge in [-0.1, -0.05) is 6.07 Å². The van der Waals surface area contributed by atoms with Gasteiger partial charge in [0.2, 0.25) is 5.91 Å². The molecule has 0 atom stereocenters. The Morgan fingerprint density at radius 1 is 1.56 bits per heavy atom. The average molecular weight is 261 g/mol. The minimum absolute atomic E-state index is 0.0579. The van der Waals surface area contributed by atoms with Crippen LogP contribution in [0.4, 0.5) is 5.69 Å². The average Bonchev–Trinajstić information content (AvgIpc) is 2.36. The molecule has 0 aromatic heterocycles. The Labute approximate surface area is 111 Å². The van der Waals surface area contributed by atoms with E-state index in [-0.39, 0.29) is 5.91 Å². The third-order valence-corrected chi connectivity index (χ3v) is 3.81. The van der Waals surface area contributed by atoms with Crippen molar-refractivity contribution in [3.8, 4) is 6.07 Å². The van der Waals surface area contributed by atoms with Gasteiger partial charge >= 0.3 is 0 Å². The number of carbonyl (C=O) groups is 1. The number of nitriles is 1. The van der Waals surface area contributed by atoms with E-state index in [9.17, 15) is 4.79 Å². The van der Waals surface area contributed by atoms with Crippen LogP contribution in [-0.2, 0) is 11.3 Å². The zero-order chi connectivity index (χ0) is 13.0. The summed E-state index contributed by atoms with van der Waals surface area (Å²) in [5, 5.41) is 11.4. The number of amides is 1. The van der Waals surface area contributed by atoms with Gasteiger partial charge in [0.1, 0.15) is 0 Å². The van der Waals surface area contributed by atoms with Gasteiger partial charge in [0.25, 0.3) is 0 Å². The fraction of sp³-hybridized carbons (Fsp3) is 0.385. The second kappa shape index (κ2) is 5.89. The summed E-state index contributed by atoms with van der Waals surface area (Å²) in [7, 11) is 1.99. The second-order valence-corrected chi connectivity index (χ2v) is 5.33. The zero-order valence-electron chi connectivity index (χ0n) is 10.3. The zero-order valence-corrected chi connectivity index (χ0v) is 11.1. The summed E-state index contributed by atoms with van der Waals surface area (Å²) in [6.07, 6.45) is 0.536. The number of fused-ring (bicyclic) bond motifs is 1. The van der Waals surface area contributed by atoms with Gasteiger partial charge in [-0.05, 0) is 24.7 Å². The van der Waals surface area contributed by atoms with Crippen LogP contribution < -0.4 is 5.32 Å². The number of nitrogens with zero attached hydrogens (tertiary/aromatic N) is 2. The first-order valence-corrected chi connectivity index (χ1v) is 6.78. The van der Waals surface area contributed by atoms with Crippen LogP contribution in [0.1, 0.15) is 12.0 Å². The van der Waals surface area contributed by atoms with Crippen molar-refractivity contribution in [2.75, 3.05) is 24.7 Å². The van der Waals surface area contributed by atoms with Crippen molar-refractivity contribution in [2.24, 2.45) is 0 Å². The van der Waals surface area contributed by atoms with Gasteiger partial charge in [-0.25, -0.2) is 0 Å². The van der Waals surface area contributed by atoms with Gasteiger partial charge in [0.15, 0.2) is 0 Å². The molecule has 1 aromatic carbocycles. The van der Waals surface area contributed by atoms with Crippen molar-refractivity contribution < 1.29 is 4.79 Å². The number of rotatable bonds is 4. The first-order valence-electron chi connectivity index (χ1n) is 5.80. The van der Waals surface area contributed by atoms with E-state index in [1.54, 1.807) is 11.8 Å². The summed E-state index contributed by atoms with van der Waals surface area (Å²) >= 11 is 1.57. The van der Waals surface area contributed by atoms with Crippen LogP contribution in [0.2, 0.25) is 0 Å². The van der Waals surface area contributed by atoms with Crippen molar-refractivity contribution in [3.05, 3.63) is 23.8 Å². The number of hydrogen-bond acceptors (Lipinski definition) is 4. The third kappa shape index (κ3) is 3.25. The summed E-state index contributed by atoms with van der Waals surface area (Å²) < 4.78 is 0. The monoisotopic (exact) mass is 261 g/mol. The van der Waals surface area contributed by atoms with E-state index in [1.807, 2.05) is 19.2 Å². The van der Waals surface area contributed by atoms with E-state index in [1.165, 1.54) is 0 Å². The van der Waals surface area contributed by atoms with Crippen LogP contribution in [0.25, 0.3) is 0 Å². The van der Waals surface area contributed by atoms with E-state index in [2.05, 4.69) is 22.4 Å². The molecule has 0 saturated heterocycles. The second-order valence-electron chi connectivity index (χ2n) is 4.31. The molecule has 5 heteroatoms. The molecule has 4 nitrogen and oxygen atoms in total. The number of carbonyl (C=O) groups excluding carboxylic acids is 1. The maximum atomic E-state index is 11.3. The number of thioether (sulfide) groups is 1. The lowest BCUT2D eigenvalue weighted by Crippen LogP contribution is -2.21. The summed E-state index contributed by atoms with van der Waals surface area (Å²) in [5.74, 6) is 0.552. The number of anilines is 1. The number of benzene rings is 1. The Balaban J connectivity index is 2.04. The molecule has 0 unspecified atom stereocenters.